The number of esters is 1. The van der Waals surface area contributed by atoms with Crippen LogP contribution in [0.4, 0.5) is 0 Å². The van der Waals surface area contributed by atoms with Gasteiger partial charge in [0.1, 0.15) is 18.8 Å². The molecular formula is C19H16Cl2O4. The van der Waals surface area contributed by atoms with E-state index in [1.54, 1.807) is 49.6 Å². The fourth-order valence-corrected chi connectivity index (χ4v) is 2.34. The summed E-state index contributed by atoms with van der Waals surface area (Å²) in [6.45, 7) is 0.0972. The van der Waals surface area contributed by atoms with E-state index >= 15 is 0 Å². The number of halogens is 2. The third kappa shape index (κ3) is 5.93. The first-order valence-corrected chi connectivity index (χ1v) is 8.18. The van der Waals surface area contributed by atoms with Gasteiger partial charge in [-0.1, -0.05) is 47.5 Å². The minimum Gasteiger partial charge on any atom is -0.497 e. The van der Waals surface area contributed by atoms with Gasteiger partial charge in [-0.05, 0) is 41.5 Å². The number of carbonyl (C=O) groups excluding carboxylic acids is 2. The minimum absolute atomic E-state index is 0.0972. The highest BCUT2D eigenvalue weighted by Gasteiger charge is 2.09. The second kappa shape index (κ2) is 9.25. The zero-order valence-corrected chi connectivity index (χ0v) is 15.0. The van der Waals surface area contributed by atoms with Crippen molar-refractivity contribution in [2.24, 2.45) is 0 Å². The molecule has 0 radical (unpaired) electrons. The quantitative estimate of drug-likeness (QED) is 0.397. The predicted molar refractivity (Wildman–Crippen MR) is 97.9 cm³/mol. The molecule has 0 bridgehead atoms. The van der Waals surface area contributed by atoms with Crippen LogP contribution >= 0.6 is 23.2 Å². The van der Waals surface area contributed by atoms with Gasteiger partial charge in [-0.15, -0.1) is 0 Å². The molecule has 25 heavy (non-hydrogen) atoms. The number of methoxy groups -OCH3 is 1. The van der Waals surface area contributed by atoms with Crippen LogP contribution in [0.5, 0.6) is 5.75 Å². The molecule has 0 saturated heterocycles. The normalized spacial score (nSPS) is 10.7. The lowest BCUT2D eigenvalue weighted by Gasteiger charge is -2.05. The molecule has 6 heteroatoms. The number of hydrogen-bond acceptors (Lipinski definition) is 4. The van der Waals surface area contributed by atoms with Gasteiger partial charge in [0.05, 0.1) is 17.2 Å². The van der Waals surface area contributed by atoms with Crippen molar-refractivity contribution in [2.75, 3.05) is 7.11 Å². The van der Waals surface area contributed by atoms with E-state index in [-0.39, 0.29) is 18.8 Å². The first kappa shape index (κ1) is 19.0. The molecule has 0 atom stereocenters. The summed E-state index contributed by atoms with van der Waals surface area (Å²) < 4.78 is 10.1. The monoisotopic (exact) mass is 378 g/mol. The predicted octanol–water partition coefficient (Wildman–Crippen LogP) is 4.72. The van der Waals surface area contributed by atoms with Gasteiger partial charge in [0, 0.05) is 0 Å². The van der Waals surface area contributed by atoms with Gasteiger partial charge in [0.15, 0.2) is 5.78 Å². The molecule has 130 valence electrons. The number of allylic oxidation sites excluding steroid dienone is 1. The van der Waals surface area contributed by atoms with Gasteiger partial charge in [0.25, 0.3) is 0 Å². The largest absolute Gasteiger partial charge is 0.497 e. The molecule has 0 amide bonds. The number of benzene rings is 2. The zero-order chi connectivity index (χ0) is 18.2. The molecule has 0 unspecified atom stereocenters. The Morgan fingerprint density at radius 2 is 1.80 bits per heavy atom. The molecule has 0 aliphatic rings. The van der Waals surface area contributed by atoms with Crippen LogP contribution in [0, 0.1) is 0 Å². The summed E-state index contributed by atoms with van der Waals surface area (Å²) in [5, 5.41) is 0.755. The number of ketones is 1. The maximum Gasteiger partial charge on any atom is 0.314 e. The number of hydrogen-bond donors (Lipinski definition) is 0. The minimum atomic E-state index is -0.595. The van der Waals surface area contributed by atoms with E-state index < -0.39 is 5.97 Å². The fraction of sp³-hybridized carbons (Fsp3) is 0.158. The average molecular weight is 379 g/mol. The second-order valence-electron chi connectivity index (χ2n) is 5.13. The Balaban J connectivity index is 1.84. The number of rotatable bonds is 7. The summed E-state index contributed by atoms with van der Waals surface area (Å²) in [4.78, 5) is 23.6. The lowest BCUT2D eigenvalue weighted by atomic mass is 10.1. The number of ether oxygens (including phenoxy) is 2. The first-order valence-electron chi connectivity index (χ1n) is 7.43. The maximum absolute atomic E-state index is 11.8. The Hall–Kier alpha value is -2.30. The van der Waals surface area contributed by atoms with Gasteiger partial charge in [-0.2, -0.15) is 0 Å². The average Bonchev–Trinajstić information content (AvgIpc) is 2.61. The van der Waals surface area contributed by atoms with Crippen molar-refractivity contribution in [2.45, 2.75) is 13.0 Å². The molecule has 2 rings (SSSR count). The molecule has 2 aromatic rings. The standard InChI is InChI=1S/C19H16Cl2O4/c1-24-16-9-5-13(6-10-16)12-25-18(23)11-15(22)8-7-14-3-2-4-17(20)19(14)21/h2-10H,11-12H2,1H3. The van der Waals surface area contributed by atoms with E-state index in [1.807, 2.05) is 0 Å². The molecular weight excluding hydrogens is 363 g/mol. The van der Waals surface area contributed by atoms with E-state index in [1.165, 1.54) is 12.2 Å². The van der Waals surface area contributed by atoms with Crippen molar-refractivity contribution < 1.29 is 19.1 Å². The van der Waals surface area contributed by atoms with Crippen LogP contribution in [0.3, 0.4) is 0 Å². The Morgan fingerprint density at radius 3 is 2.48 bits per heavy atom. The van der Waals surface area contributed by atoms with Crippen molar-refractivity contribution in [3.8, 4) is 5.75 Å². The van der Waals surface area contributed by atoms with Crippen LogP contribution in [0.1, 0.15) is 17.5 Å². The second-order valence-corrected chi connectivity index (χ2v) is 5.91. The first-order chi connectivity index (χ1) is 12.0. The Kier molecular flexibility index (Phi) is 7.04. The molecule has 0 N–H and O–H groups in total. The van der Waals surface area contributed by atoms with Gasteiger partial charge >= 0.3 is 5.97 Å². The molecule has 0 spiro atoms. The van der Waals surface area contributed by atoms with Crippen LogP contribution in [-0.2, 0) is 20.9 Å². The summed E-state index contributed by atoms with van der Waals surface area (Å²) in [6.07, 6.45) is 2.46. The molecule has 0 aliphatic heterocycles. The highest BCUT2D eigenvalue weighted by molar-refractivity contribution is 6.42. The SMILES string of the molecule is COc1ccc(COC(=O)CC(=O)C=Cc2cccc(Cl)c2Cl)cc1. The van der Waals surface area contributed by atoms with Gasteiger partial charge < -0.3 is 9.47 Å². The summed E-state index contributed by atoms with van der Waals surface area (Å²) in [5.41, 5.74) is 1.41. The molecule has 0 heterocycles. The maximum atomic E-state index is 11.8. The van der Waals surface area contributed by atoms with E-state index in [4.69, 9.17) is 32.7 Å². The highest BCUT2D eigenvalue weighted by Crippen LogP contribution is 2.26. The van der Waals surface area contributed by atoms with Crippen molar-refractivity contribution in [3.05, 3.63) is 69.7 Å². The van der Waals surface area contributed by atoms with Gasteiger partial charge in [-0.3, -0.25) is 9.59 Å². The van der Waals surface area contributed by atoms with Crippen molar-refractivity contribution >= 4 is 41.0 Å². The van der Waals surface area contributed by atoms with Crippen LogP contribution in [0.15, 0.2) is 48.5 Å². The summed E-state index contributed by atoms with van der Waals surface area (Å²) in [5.74, 6) is -0.256. The molecule has 2 aromatic carbocycles. The molecule has 0 fully saturated rings. The van der Waals surface area contributed by atoms with Gasteiger partial charge in [-0.25, -0.2) is 0 Å². The number of carbonyl (C=O) groups is 2. The summed E-state index contributed by atoms with van der Waals surface area (Å²) >= 11 is 11.9. The van der Waals surface area contributed by atoms with Crippen molar-refractivity contribution in [1.29, 1.82) is 0 Å². The molecule has 0 aliphatic carbocycles. The van der Waals surface area contributed by atoms with E-state index in [0.29, 0.717) is 15.6 Å². The fourth-order valence-electron chi connectivity index (χ4n) is 1.97. The summed E-state index contributed by atoms with van der Waals surface area (Å²) in [6, 6.07) is 12.2. The Labute approximate surface area is 156 Å². The summed E-state index contributed by atoms with van der Waals surface area (Å²) in [7, 11) is 1.57. The molecule has 4 nitrogen and oxygen atoms in total. The Morgan fingerprint density at radius 1 is 1.08 bits per heavy atom. The van der Waals surface area contributed by atoms with Crippen LogP contribution in [0.2, 0.25) is 10.0 Å². The zero-order valence-electron chi connectivity index (χ0n) is 13.5. The van der Waals surface area contributed by atoms with Crippen LogP contribution in [0.25, 0.3) is 6.08 Å². The van der Waals surface area contributed by atoms with Crippen LogP contribution in [-0.4, -0.2) is 18.9 Å². The van der Waals surface area contributed by atoms with E-state index in [2.05, 4.69) is 0 Å². The topological polar surface area (TPSA) is 52.6 Å². The molecule has 0 saturated carbocycles. The van der Waals surface area contributed by atoms with Crippen LogP contribution < -0.4 is 4.74 Å². The van der Waals surface area contributed by atoms with Gasteiger partial charge in [0.2, 0.25) is 0 Å². The third-order valence-electron chi connectivity index (χ3n) is 3.31. The smallest absolute Gasteiger partial charge is 0.314 e. The van der Waals surface area contributed by atoms with E-state index in [9.17, 15) is 9.59 Å². The Bertz CT molecular complexity index is 783. The lowest BCUT2D eigenvalue weighted by Crippen LogP contribution is -2.09. The van der Waals surface area contributed by atoms with Crippen molar-refractivity contribution in [1.82, 2.24) is 0 Å². The highest BCUT2D eigenvalue weighted by atomic mass is 35.5. The lowest BCUT2D eigenvalue weighted by molar-refractivity contribution is -0.146. The third-order valence-corrected chi connectivity index (χ3v) is 4.14. The molecule has 0 aromatic heterocycles. The van der Waals surface area contributed by atoms with Crippen molar-refractivity contribution in [3.63, 3.8) is 0 Å². The van der Waals surface area contributed by atoms with E-state index in [0.717, 1.165) is 11.3 Å².